The van der Waals surface area contributed by atoms with Crippen molar-refractivity contribution in [2.45, 2.75) is 141 Å². The number of nitrogens with two attached hydrogens (primary N) is 1. The number of aliphatic hydroxyl groups excluding tert-OH is 2. The Morgan fingerprint density at radius 3 is 1.60 bits per heavy atom. The van der Waals surface area contributed by atoms with E-state index in [1.54, 1.807) is 24.3 Å². The molecule has 62 heavy (non-hydrogen) atoms. The molecule has 0 aliphatic heterocycles. The summed E-state index contributed by atoms with van der Waals surface area (Å²) in [4.78, 5) is 46.0. The van der Waals surface area contributed by atoms with Gasteiger partial charge in [0.25, 0.3) is 0 Å². The van der Waals surface area contributed by atoms with Gasteiger partial charge in [0.2, 0.25) is 0 Å². The van der Waals surface area contributed by atoms with Crippen molar-refractivity contribution in [2.75, 3.05) is 19.8 Å². The lowest BCUT2D eigenvalue weighted by Crippen LogP contribution is -2.34. The first-order chi connectivity index (χ1) is 29.9. The van der Waals surface area contributed by atoms with Crippen molar-refractivity contribution in [1.82, 2.24) is 0 Å². The second-order valence-corrected chi connectivity index (χ2v) is 15.6. The number of phosphoric acid groups is 1. The predicted octanol–water partition coefficient (Wildman–Crippen LogP) is 9.55. The number of carboxylic acids is 1. The fourth-order valence-electron chi connectivity index (χ4n) is 4.95. The van der Waals surface area contributed by atoms with Crippen LogP contribution in [0.15, 0.2) is 122 Å². The van der Waals surface area contributed by atoms with E-state index >= 15 is 0 Å². The summed E-state index contributed by atoms with van der Waals surface area (Å²) in [5, 5.41) is 29.1. The summed E-state index contributed by atoms with van der Waals surface area (Å²) in [6.07, 6.45) is 47.8. The molecule has 0 aromatic carbocycles. The van der Waals surface area contributed by atoms with Gasteiger partial charge in [-0.15, -0.1) is 0 Å². The van der Waals surface area contributed by atoms with Crippen molar-refractivity contribution in [3.05, 3.63) is 122 Å². The minimum atomic E-state index is -4.81. The number of esters is 2. The number of allylic oxidation sites excluding steroid dienone is 18. The number of rotatable bonds is 38. The number of phosphoric ester groups is 1. The molecule has 0 radical (unpaired) electrons. The van der Waals surface area contributed by atoms with E-state index in [0.29, 0.717) is 19.3 Å². The van der Waals surface area contributed by atoms with Gasteiger partial charge in [0.1, 0.15) is 12.6 Å². The molecule has 0 saturated carbocycles. The summed E-state index contributed by atoms with van der Waals surface area (Å²) in [7, 11) is -4.81. The van der Waals surface area contributed by atoms with Crippen molar-refractivity contribution >= 4 is 25.7 Å². The normalized spacial score (nSPS) is 15.8. The molecular weight excluding hydrogens is 813 g/mol. The molecule has 0 aromatic rings. The van der Waals surface area contributed by atoms with E-state index in [-0.39, 0.29) is 25.7 Å². The molecule has 0 aliphatic rings. The molecule has 0 heterocycles. The number of carbonyl (C=O) groups excluding carboxylic acids is 2. The van der Waals surface area contributed by atoms with Gasteiger partial charge in [0.05, 0.1) is 25.4 Å². The zero-order valence-corrected chi connectivity index (χ0v) is 37.8. The zero-order chi connectivity index (χ0) is 45.9. The molecule has 0 amide bonds. The van der Waals surface area contributed by atoms with E-state index in [4.69, 9.17) is 24.8 Å². The summed E-state index contributed by atoms with van der Waals surface area (Å²) >= 11 is 0. The SMILES string of the molecule is CC/C=C\C/C=C\C/C=C\C/C=C\C/C=C\C/C=C\CCC(=O)OC[C@H](COP(=O)(O)OC[C@H](N)C(=O)O)OC(=O)CCC[C@H](O)/C=C/C=C\C/C=C\C=C\[C@H](O)CCCCC. The molecule has 0 spiro atoms. The molecule has 0 aromatic heterocycles. The first-order valence-corrected chi connectivity index (χ1v) is 23.3. The Bertz CT molecular complexity index is 1540. The molecule has 14 heteroatoms. The van der Waals surface area contributed by atoms with Gasteiger partial charge in [0, 0.05) is 12.8 Å². The van der Waals surface area contributed by atoms with Crippen molar-refractivity contribution in [3.63, 3.8) is 0 Å². The molecule has 13 nitrogen and oxygen atoms in total. The van der Waals surface area contributed by atoms with Crippen LogP contribution in [0.4, 0.5) is 0 Å². The lowest BCUT2D eigenvalue weighted by atomic mass is 10.1. The van der Waals surface area contributed by atoms with Crippen LogP contribution >= 0.6 is 7.82 Å². The molecule has 0 fully saturated rings. The number of hydrogen-bond acceptors (Lipinski definition) is 11. The average molecular weight is 888 g/mol. The molecule has 0 rings (SSSR count). The molecule has 6 N–H and O–H groups in total. The Balaban J connectivity index is 4.74. The lowest BCUT2D eigenvalue weighted by Gasteiger charge is -2.20. The second kappa shape index (κ2) is 40.8. The Kier molecular flexibility index (Phi) is 38.1. The second-order valence-electron chi connectivity index (χ2n) is 14.1. The first kappa shape index (κ1) is 57.8. The number of carbonyl (C=O) groups is 3. The largest absolute Gasteiger partial charge is 0.480 e. The van der Waals surface area contributed by atoms with Crippen molar-refractivity contribution in [2.24, 2.45) is 5.73 Å². The quantitative estimate of drug-likeness (QED) is 0.0129. The summed E-state index contributed by atoms with van der Waals surface area (Å²) in [6.45, 7) is 2.25. The third-order valence-electron chi connectivity index (χ3n) is 8.42. The predicted molar refractivity (Wildman–Crippen MR) is 247 cm³/mol. The Morgan fingerprint density at radius 2 is 1.08 bits per heavy atom. The van der Waals surface area contributed by atoms with Gasteiger partial charge < -0.3 is 35.4 Å². The van der Waals surface area contributed by atoms with Crippen molar-refractivity contribution in [3.8, 4) is 0 Å². The minimum Gasteiger partial charge on any atom is -0.480 e. The van der Waals surface area contributed by atoms with Gasteiger partial charge in [-0.3, -0.25) is 23.4 Å². The highest BCUT2D eigenvalue weighted by molar-refractivity contribution is 7.47. The van der Waals surface area contributed by atoms with Crippen LogP contribution in [0, 0.1) is 0 Å². The van der Waals surface area contributed by atoms with Gasteiger partial charge in [-0.2, -0.15) is 0 Å². The Morgan fingerprint density at radius 1 is 0.597 bits per heavy atom. The van der Waals surface area contributed by atoms with Crippen LogP contribution in [0.5, 0.6) is 0 Å². The van der Waals surface area contributed by atoms with Crippen LogP contribution in [0.1, 0.15) is 117 Å². The number of ether oxygens (including phenoxy) is 2. The zero-order valence-electron chi connectivity index (χ0n) is 36.9. The van der Waals surface area contributed by atoms with Crippen LogP contribution in [0.25, 0.3) is 0 Å². The smallest absolute Gasteiger partial charge is 0.472 e. The summed E-state index contributed by atoms with van der Waals surface area (Å²) in [6, 6.07) is -1.58. The van der Waals surface area contributed by atoms with Crippen molar-refractivity contribution < 1.29 is 57.7 Å². The van der Waals surface area contributed by atoms with Gasteiger partial charge >= 0.3 is 25.7 Å². The average Bonchev–Trinajstić information content (AvgIpc) is 3.24. The first-order valence-electron chi connectivity index (χ1n) is 21.8. The Hall–Kier alpha value is -4.20. The maximum absolute atomic E-state index is 12.6. The number of aliphatic hydroxyl groups is 2. The van der Waals surface area contributed by atoms with Crippen LogP contribution in [-0.2, 0) is 37.5 Å². The van der Waals surface area contributed by atoms with Crippen LogP contribution < -0.4 is 5.73 Å². The minimum absolute atomic E-state index is 0.0390. The third kappa shape index (κ3) is 39.9. The number of carboxylic acid groups (broad SMARTS) is 1. The number of hydrogen-bond donors (Lipinski definition) is 5. The summed E-state index contributed by atoms with van der Waals surface area (Å²) < 4.78 is 32.4. The van der Waals surface area contributed by atoms with E-state index < -0.39 is 69.9 Å². The van der Waals surface area contributed by atoms with E-state index in [0.717, 1.165) is 57.8 Å². The molecule has 0 bridgehead atoms. The molecule has 0 saturated heterocycles. The topological polar surface area (TPSA) is 212 Å². The lowest BCUT2D eigenvalue weighted by molar-refractivity contribution is -0.161. The van der Waals surface area contributed by atoms with Crippen LogP contribution in [0.3, 0.4) is 0 Å². The molecule has 0 aliphatic carbocycles. The standard InChI is InChI=1S/C48H74NO12P/c1-3-5-7-8-9-10-11-12-13-14-15-16-17-18-19-20-24-27-31-37-46(52)58-39-44(40-59-62(56,57)60-41-45(49)48(54)55)61-47(53)38-32-36-43(51)35-30-26-23-21-22-25-29-34-42(50)33-28-6-4-2/h5,7,9-10,12-13,15-16,18-19,22-27,29-30,34-35,42-45,50-51H,3-4,6,8,11,14,17,20-21,28,31-33,36-41,49H2,1-2H3,(H,54,55)(H,56,57)/b7-5-,10-9-,13-12-,16-15-,19-18-,25-22-,26-23-,27-24-,34-29+,35-30+/t42-,43-,44-,45+/m1/s1. The van der Waals surface area contributed by atoms with Gasteiger partial charge in [0.15, 0.2) is 6.10 Å². The highest BCUT2D eigenvalue weighted by Crippen LogP contribution is 2.43. The number of aliphatic carboxylic acids is 1. The molecule has 1 unspecified atom stereocenters. The maximum Gasteiger partial charge on any atom is 0.472 e. The summed E-state index contributed by atoms with van der Waals surface area (Å²) in [5.41, 5.74) is 5.31. The van der Waals surface area contributed by atoms with E-state index in [2.05, 4.69) is 73.1 Å². The van der Waals surface area contributed by atoms with Crippen LogP contribution in [-0.4, -0.2) is 82.3 Å². The van der Waals surface area contributed by atoms with Crippen LogP contribution in [0.2, 0.25) is 0 Å². The highest BCUT2D eigenvalue weighted by Gasteiger charge is 2.28. The van der Waals surface area contributed by atoms with Gasteiger partial charge in [-0.05, 0) is 70.6 Å². The highest BCUT2D eigenvalue weighted by atomic mass is 31.2. The monoisotopic (exact) mass is 887 g/mol. The van der Waals surface area contributed by atoms with E-state index in [1.165, 1.54) is 0 Å². The van der Waals surface area contributed by atoms with E-state index in [9.17, 15) is 34.1 Å². The van der Waals surface area contributed by atoms with Gasteiger partial charge in [-0.25, -0.2) is 4.57 Å². The third-order valence-corrected chi connectivity index (χ3v) is 9.37. The van der Waals surface area contributed by atoms with E-state index in [1.807, 2.05) is 42.5 Å². The molecule has 5 atom stereocenters. The fourth-order valence-corrected chi connectivity index (χ4v) is 5.73. The van der Waals surface area contributed by atoms with Crippen molar-refractivity contribution in [1.29, 1.82) is 0 Å². The molecule has 348 valence electrons. The molecular formula is C48H74NO12P. The summed E-state index contributed by atoms with van der Waals surface area (Å²) in [5.74, 6) is -2.77. The number of unbranched alkanes of at least 4 members (excludes halogenated alkanes) is 2. The maximum atomic E-state index is 12.6. The van der Waals surface area contributed by atoms with Gasteiger partial charge in [-0.1, -0.05) is 155 Å². The Labute approximate surface area is 370 Å². The fraction of sp³-hybridized carbons (Fsp3) is 0.521.